The second kappa shape index (κ2) is 2.70. The number of hydrogen-bond acceptors (Lipinski definition) is 1. The van der Waals surface area contributed by atoms with E-state index in [2.05, 4.69) is 13.8 Å². The normalized spacial score (nSPS) is 22.7. The average molecular weight is 128 g/mol. The number of rotatable bonds is 3. The highest BCUT2D eigenvalue weighted by Gasteiger charge is 2.32. The summed E-state index contributed by atoms with van der Waals surface area (Å²) < 4.78 is 5.34. The lowest BCUT2D eigenvalue weighted by Gasteiger charge is -2.17. The maximum absolute atomic E-state index is 5.34. The summed E-state index contributed by atoms with van der Waals surface area (Å²) >= 11 is 0. The number of methoxy groups -OCH3 is 1. The zero-order valence-electron chi connectivity index (χ0n) is 6.55. The molecule has 1 fully saturated rings. The van der Waals surface area contributed by atoms with Crippen molar-refractivity contribution in [1.29, 1.82) is 0 Å². The second-order valence-corrected chi connectivity index (χ2v) is 3.28. The van der Waals surface area contributed by atoms with Crippen molar-refractivity contribution in [3.05, 3.63) is 0 Å². The van der Waals surface area contributed by atoms with Gasteiger partial charge in [-0.2, -0.15) is 0 Å². The van der Waals surface area contributed by atoms with Crippen LogP contribution in [0.1, 0.15) is 26.7 Å². The Balaban J connectivity index is 2.28. The van der Waals surface area contributed by atoms with Crippen LogP contribution in [0.3, 0.4) is 0 Å². The van der Waals surface area contributed by atoms with E-state index < -0.39 is 0 Å². The van der Waals surface area contributed by atoms with Gasteiger partial charge in [0.25, 0.3) is 0 Å². The summed E-state index contributed by atoms with van der Waals surface area (Å²) in [5, 5.41) is 0. The summed E-state index contributed by atoms with van der Waals surface area (Å²) in [6.07, 6.45) is 3.30. The lowest BCUT2D eigenvalue weighted by molar-refractivity contribution is 0.0475. The van der Waals surface area contributed by atoms with Gasteiger partial charge in [0, 0.05) is 7.11 Å². The van der Waals surface area contributed by atoms with Crippen molar-refractivity contribution in [3.8, 4) is 0 Å². The van der Waals surface area contributed by atoms with Gasteiger partial charge in [-0.05, 0) is 24.7 Å². The molecular formula is C8H16O. The van der Waals surface area contributed by atoms with Crippen molar-refractivity contribution >= 4 is 0 Å². The van der Waals surface area contributed by atoms with Crippen molar-refractivity contribution in [3.63, 3.8) is 0 Å². The van der Waals surface area contributed by atoms with E-state index >= 15 is 0 Å². The van der Waals surface area contributed by atoms with Gasteiger partial charge in [-0.3, -0.25) is 0 Å². The third kappa shape index (κ3) is 1.68. The predicted molar refractivity (Wildman–Crippen MR) is 38.4 cm³/mol. The molecule has 0 bridgehead atoms. The van der Waals surface area contributed by atoms with E-state index in [9.17, 15) is 0 Å². The molecule has 54 valence electrons. The Morgan fingerprint density at radius 3 is 2.00 bits per heavy atom. The summed E-state index contributed by atoms with van der Waals surface area (Å²) in [4.78, 5) is 0. The first-order valence-electron chi connectivity index (χ1n) is 3.78. The lowest BCUT2D eigenvalue weighted by Crippen LogP contribution is -2.19. The van der Waals surface area contributed by atoms with Gasteiger partial charge in [-0.1, -0.05) is 13.8 Å². The molecule has 1 heteroatoms. The van der Waals surface area contributed by atoms with Crippen LogP contribution < -0.4 is 0 Å². The first kappa shape index (κ1) is 7.07. The molecule has 0 aromatic carbocycles. The first-order chi connectivity index (χ1) is 4.25. The molecule has 0 aromatic rings. The van der Waals surface area contributed by atoms with Gasteiger partial charge in [0.15, 0.2) is 0 Å². The summed E-state index contributed by atoms with van der Waals surface area (Å²) in [5.74, 6) is 1.58. The Kier molecular flexibility index (Phi) is 2.12. The quantitative estimate of drug-likeness (QED) is 0.565. The molecule has 1 rings (SSSR count). The average Bonchev–Trinajstić information content (AvgIpc) is 2.50. The maximum atomic E-state index is 5.34. The highest BCUT2D eigenvalue weighted by Crippen LogP contribution is 2.37. The molecule has 0 aliphatic heterocycles. The Bertz CT molecular complexity index is 82.6. The molecule has 0 radical (unpaired) electrons. The molecule has 1 aliphatic carbocycles. The largest absolute Gasteiger partial charge is 0.381 e. The molecule has 1 atom stereocenters. The van der Waals surface area contributed by atoms with Crippen molar-refractivity contribution in [2.45, 2.75) is 32.8 Å². The van der Waals surface area contributed by atoms with Crippen LogP contribution in [0.15, 0.2) is 0 Å². The van der Waals surface area contributed by atoms with Crippen LogP contribution >= 0.6 is 0 Å². The Hall–Kier alpha value is -0.0400. The van der Waals surface area contributed by atoms with Crippen molar-refractivity contribution in [2.75, 3.05) is 7.11 Å². The zero-order chi connectivity index (χ0) is 6.85. The zero-order valence-corrected chi connectivity index (χ0v) is 6.55. The highest BCUT2D eigenvalue weighted by molar-refractivity contribution is 4.83. The monoisotopic (exact) mass is 128 g/mol. The van der Waals surface area contributed by atoms with E-state index in [4.69, 9.17) is 4.74 Å². The van der Waals surface area contributed by atoms with E-state index in [-0.39, 0.29) is 0 Å². The van der Waals surface area contributed by atoms with Crippen LogP contribution in [-0.2, 0) is 4.74 Å². The molecule has 0 aromatic heterocycles. The molecule has 0 N–H and O–H groups in total. The van der Waals surface area contributed by atoms with Gasteiger partial charge < -0.3 is 4.74 Å². The lowest BCUT2D eigenvalue weighted by atomic mass is 10.0. The van der Waals surface area contributed by atoms with Crippen LogP contribution in [0, 0.1) is 11.8 Å². The number of ether oxygens (including phenoxy) is 1. The topological polar surface area (TPSA) is 9.23 Å². The predicted octanol–water partition coefficient (Wildman–Crippen LogP) is 2.07. The molecule has 1 saturated carbocycles. The van der Waals surface area contributed by atoms with Crippen LogP contribution in [-0.4, -0.2) is 13.2 Å². The summed E-state index contributed by atoms with van der Waals surface area (Å²) in [6, 6.07) is 0. The minimum atomic E-state index is 0.532. The Morgan fingerprint density at radius 1 is 1.33 bits per heavy atom. The molecule has 0 saturated heterocycles. The summed E-state index contributed by atoms with van der Waals surface area (Å²) in [7, 11) is 1.82. The van der Waals surface area contributed by atoms with Crippen LogP contribution in [0.5, 0.6) is 0 Å². The van der Waals surface area contributed by atoms with Crippen LogP contribution in [0.4, 0.5) is 0 Å². The van der Waals surface area contributed by atoms with Gasteiger partial charge in [-0.25, -0.2) is 0 Å². The molecule has 0 amide bonds. The number of hydrogen-bond donors (Lipinski definition) is 0. The first-order valence-corrected chi connectivity index (χ1v) is 3.78. The molecule has 0 spiro atoms. The fourth-order valence-electron chi connectivity index (χ4n) is 1.43. The smallest absolute Gasteiger partial charge is 0.0622 e. The Morgan fingerprint density at radius 2 is 1.89 bits per heavy atom. The van der Waals surface area contributed by atoms with Gasteiger partial charge in [0.2, 0.25) is 0 Å². The van der Waals surface area contributed by atoms with E-state index in [1.807, 2.05) is 7.11 Å². The molecule has 1 nitrogen and oxygen atoms in total. The standard InChI is InChI=1S/C8H16O/c1-6(2)8(9-3)7-4-5-7/h6-8H,4-5H2,1-3H3. The third-order valence-electron chi connectivity index (χ3n) is 2.02. The second-order valence-electron chi connectivity index (χ2n) is 3.28. The van der Waals surface area contributed by atoms with E-state index in [0.717, 1.165) is 5.92 Å². The van der Waals surface area contributed by atoms with Crippen molar-refractivity contribution in [2.24, 2.45) is 11.8 Å². The third-order valence-corrected chi connectivity index (χ3v) is 2.02. The molecular weight excluding hydrogens is 112 g/mol. The van der Waals surface area contributed by atoms with Crippen LogP contribution in [0.25, 0.3) is 0 Å². The van der Waals surface area contributed by atoms with Crippen molar-refractivity contribution < 1.29 is 4.74 Å². The highest BCUT2D eigenvalue weighted by atomic mass is 16.5. The SMILES string of the molecule is COC(C(C)C)C1CC1. The summed E-state index contributed by atoms with van der Waals surface area (Å²) in [6.45, 7) is 4.46. The minimum absolute atomic E-state index is 0.532. The van der Waals surface area contributed by atoms with Crippen LogP contribution in [0.2, 0.25) is 0 Å². The van der Waals surface area contributed by atoms with Crippen molar-refractivity contribution in [1.82, 2.24) is 0 Å². The van der Waals surface area contributed by atoms with E-state index in [1.54, 1.807) is 0 Å². The molecule has 1 aliphatic rings. The van der Waals surface area contributed by atoms with Gasteiger partial charge >= 0.3 is 0 Å². The van der Waals surface area contributed by atoms with Gasteiger partial charge in [0.1, 0.15) is 0 Å². The molecule has 0 heterocycles. The fourth-order valence-corrected chi connectivity index (χ4v) is 1.43. The fraction of sp³-hybridized carbons (Fsp3) is 1.00. The minimum Gasteiger partial charge on any atom is -0.381 e. The van der Waals surface area contributed by atoms with E-state index in [0.29, 0.717) is 12.0 Å². The molecule has 9 heavy (non-hydrogen) atoms. The van der Waals surface area contributed by atoms with E-state index in [1.165, 1.54) is 12.8 Å². The maximum Gasteiger partial charge on any atom is 0.0622 e. The van der Waals surface area contributed by atoms with Gasteiger partial charge in [-0.15, -0.1) is 0 Å². The van der Waals surface area contributed by atoms with Gasteiger partial charge in [0.05, 0.1) is 6.10 Å². The summed E-state index contributed by atoms with van der Waals surface area (Å²) in [5.41, 5.74) is 0. The molecule has 1 unspecified atom stereocenters. The Labute approximate surface area is 57.4 Å².